The van der Waals surface area contributed by atoms with Crippen molar-refractivity contribution < 1.29 is 9.66 Å². The van der Waals surface area contributed by atoms with E-state index in [0.717, 1.165) is 0 Å². The first kappa shape index (κ1) is 12.8. The Hall–Kier alpha value is -2.29. The molecule has 1 heterocycles. The predicted octanol–water partition coefficient (Wildman–Crippen LogP) is 1.82. The Balaban J connectivity index is 3.09. The Morgan fingerprint density at radius 2 is 2.41 bits per heavy atom. The number of hydrogen-bond donors (Lipinski definition) is 1. The smallest absolute Gasteiger partial charge is 0.311 e. The summed E-state index contributed by atoms with van der Waals surface area (Å²) in [5.41, 5.74) is -0.125. The number of ether oxygens (including phenoxy) is 1. The van der Waals surface area contributed by atoms with Gasteiger partial charge in [-0.25, -0.2) is 0 Å². The van der Waals surface area contributed by atoms with Gasteiger partial charge in [-0.2, -0.15) is 4.98 Å². The summed E-state index contributed by atoms with van der Waals surface area (Å²) in [5.74, 6) is 2.91. The van der Waals surface area contributed by atoms with E-state index in [0.29, 0.717) is 12.3 Å². The van der Waals surface area contributed by atoms with Crippen molar-refractivity contribution >= 4 is 11.5 Å². The van der Waals surface area contributed by atoms with Gasteiger partial charge in [-0.05, 0) is 6.42 Å². The van der Waals surface area contributed by atoms with Crippen molar-refractivity contribution in [2.45, 2.75) is 19.4 Å². The standard InChI is InChI=1S/C11H13N3O3/c1-4-8(5-2)12-11-9(14(15)16)6-7-10(13-11)17-3/h1,6-8H,5H2,2-3H3,(H,12,13). The molecule has 6 heteroatoms. The molecule has 1 N–H and O–H groups in total. The van der Waals surface area contributed by atoms with Crippen LogP contribution < -0.4 is 10.1 Å². The molecule has 0 saturated heterocycles. The number of aromatic nitrogens is 1. The maximum Gasteiger partial charge on any atom is 0.311 e. The number of hydrogen-bond acceptors (Lipinski definition) is 5. The zero-order valence-corrected chi connectivity index (χ0v) is 9.64. The van der Waals surface area contributed by atoms with Crippen LogP contribution in [0.5, 0.6) is 5.88 Å². The van der Waals surface area contributed by atoms with Crippen molar-refractivity contribution in [2.75, 3.05) is 12.4 Å². The monoisotopic (exact) mass is 235 g/mol. The van der Waals surface area contributed by atoms with Crippen LogP contribution >= 0.6 is 0 Å². The fraction of sp³-hybridized carbons (Fsp3) is 0.364. The second kappa shape index (κ2) is 5.70. The Labute approximate surface area is 99.2 Å². The van der Waals surface area contributed by atoms with Gasteiger partial charge in [-0.15, -0.1) is 6.42 Å². The highest BCUT2D eigenvalue weighted by molar-refractivity contribution is 5.58. The minimum absolute atomic E-state index is 0.124. The molecule has 1 atom stereocenters. The lowest BCUT2D eigenvalue weighted by atomic mass is 10.2. The summed E-state index contributed by atoms with van der Waals surface area (Å²) in [6, 6.07) is 2.46. The number of terminal acetylenes is 1. The van der Waals surface area contributed by atoms with E-state index in [1.54, 1.807) is 0 Å². The Kier molecular flexibility index (Phi) is 4.29. The normalized spacial score (nSPS) is 11.4. The van der Waals surface area contributed by atoms with Crippen molar-refractivity contribution in [3.8, 4) is 18.2 Å². The lowest BCUT2D eigenvalue weighted by Gasteiger charge is -2.12. The average molecular weight is 235 g/mol. The molecule has 1 unspecified atom stereocenters. The van der Waals surface area contributed by atoms with Gasteiger partial charge in [0.05, 0.1) is 18.1 Å². The molecule has 0 fully saturated rings. The molecule has 1 aromatic rings. The van der Waals surface area contributed by atoms with E-state index in [4.69, 9.17) is 11.2 Å². The van der Waals surface area contributed by atoms with E-state index >= 15 is 0 Å². The molecule has 6 nitrogen and oxygen atoms in total. The lowest BCUT2D eigenvalue weighted by molar-refractivity contribution is -0.384. The van der Waals surface area contributed by atoms with Crippen molar-refractivity contribution in [3.63, 3.8) is 0 Å². The number of rotatable bonds is 5. The van der Waals surface area contributed by atoms with Crippen molar-refractivity contribution in [2.24, 2.45) is 0 Å². The molecular weight excluding hydrogens is 222 g/mol. The summed E-state index contributed by atoms with van der Waals surface area (Å²) in [5, 5.41) is 13.6. The van der Waals surface area contributed by atoms with Gasteiger partial charge in [-0.1, -0.05) is 12.8 Å². The van der Waals surface area contributed by atoms with E-state index < -0.39 is 4.92 Å². The summed E-state index contributed by atoms with van der Waals surface area (Å²) < 4.78 is 4.91. The van der Waals surface area contributed by atoms with Crippen LogP contribution in [0.15, 0.2) is 12.1 Å². The van der Waals surface area contributed by atoms with E-state index in [1.165, 1.54) is 19.2 Å². The maximum absolute atomic E-state index is 10.8. The summed E-state index contributed by atoms with van der Waals surface area (Å²) in [6.45, 7) is 1.88. The van der Waals surface area contributed by atoms with Crippen LogP contribution in [0.3, 0.4) is 0 Å². The zero-order valence-electron chi connectivity index (χ0n) is 9.64. The number of anilines is 1. The summed E-state index contributed by atoms with van der Waals surface area (Å²) in [4.78, 5) is 14.3. The van der Waals surface area contributed by atoms with Gasteiger partial charge < -0.3 is 10.1 Å². The topological polar surface area (TPSA) is 77.3 Å². The molecule has 1 rings (SSSR count). The summed E-state index contributed by atoms with van der Waals surface area (Å²) >= 11 is 0. The highest BCUT2D eigenvalue weighted by Crippen LogP contribution is 2.25. The van der Waals surface area contributed by atoms with Gasteiger partial charge in [0.1, 0.15) is 0 Å². The van der Waals surface area contributed by atoms with Crippen LogP contribution in [0.4, 0.5) is 11.5 Å². The van der Waals surface area contributed by atoms with E-state index in [9.17, 15) is 10.1 Å². The minimum Gasteiger partial charge on any atom is -0.481 e. The highest BCUT2D eigenvalue weighted by atomic mass is 16.6. The van der Waals surface area contributed by atoms with Gasteiger partial charge in [-0.3, -0.25) is 10.1 Å². The minimum atomic E-state index is -0.516. The number of nitrogens with one attached hydrogen (secondary N) is 1. The van der Waals surface area contributed by atoms with Crippen LogP contribution in [0.2, 0.25) is 0 Å². The fourth-order valence-corrected chi connectivity index (χ4v) is 1.23. The van der Waals surface area contributed by atoms with E-state index in [1.807, 2.05) is 6.92 Å². The molecule has 0 radical (unpaired) electrons. The van der Waals surface area contributed by atoms with E-state index in [2.05, 4.69) is 16.2 Å². The first-order valence-electron chi connectivity index (χ1n) is 5.04. The molecule has 0 bridgehead atoms. The van der Waals surface area contributed by atoms with Crippen LogP contribution in [0, 0.1) is 22.5 Å². The van der Waals surface area contributed by atoms with Crippen LogP contribution in [0.25, 0.3) is 0 Å². The molecule has 0 aromatic carbocycles. The molecule has 1 aromatic heterocycles. The molecule has 0 spiro atoms. The highest BCUT2D eigenvalue weighted by Gasteiger charge is 2.18. The fourth-order valence-electron chi connectivity index (χ4n) is 1.23. The quantitative estimate of drug-likeness (QED) is 0.478. The first-order chi connectivity index (χ1) is 8.12. The number of nitro groups is 1. The van der Waals surface area contributed by atoms with Gasteiger partial charge in [0.25, 0.3) is 0 Å². The molecule has 0 amide bonds. The van der Waals surface area contributed by atoms with Gasteiger partial charge in [0.2, 0.25) is 11.7 Å². The van der Waals surface area contributed by atoms with E-state index in [-0.39, 0.29) is 17.5 Å². The summed E-state index contributed by atoms with van der Waals surface area (Å²) in [6.07, 6.45) is 5.93. The third-order valence-corrected chi connectivity index (χ3v) is 2.17. The first-order valence-corrected chi connectivity index (χ1v) is 5.04. The molecule has 17 heavy (non-hydrogen) atoms. The van der Waals surface area contributed by atoms with Crippen molar-refractivity contribution in [1.29, 1.82) is 0 Å². The molecule has 0 saturated carbocycles. The number of nitrogens with zero attached hydrogens (tertiary/aromatic N) is 2. The molecular formula is C11H13N3O3. The van der Waals surface area contributed by atoms with Crippen molar-refractivity contribution in [1.82, 2.24) is 4.98 Å². The Morgan fingerprint density at radius 3 is 2.88 bits per heavy atom. The van der Waals surface area contributed by atoms with Crippen LogP contribution in [-0.2, 0) is 0 Å². The molecule has 90 valence electrons. The third kappa shape index (κ3) is 3.08. The summed E-state index contributed by atoms with van der Waals surface area (Å²) in [7, 11) is 1.44. The maximum atomic E-state index is 10.8. The Morgan fingerprint density at radius 1 is 1.71 bits per heavy atom. The number of methoxy groups -OCH3 is 1. The molecule has 0 aliphatic rings. The number of pyridine rings is 1. The average Bonchev–Trinajstić information content (AvgIpc) is 2.35. The SMILES string of the molecule is C#CC(CC)Nc1nc(OC)ccc1[N+](=O)[O-]. The second-order valence-corrected chi connectivity index (χ2v) is 3.25. The third-order valence-electron chi connectivity index (χ3n) is 2.17. The predicted molar refractivity (Wildman–Crippen MR) is 64.0 cm³/mol. The Bertz CT molecular complexity index is 454. The van der Waals surface area contributed by atoms with Gasteiger partial charge in [0, 0.05) is 12.1 Å². The van der Waals surface area contributed by atoms with Gasteiger partial charge in [0.15, 0.2) is 0 Å². The van der Waals surface area contributed by atoms with Gasteiger partial charge >= 0.3 is 5.69 Å². The molecule has 0 aliphatic heterocycles. The molecule has 0 aliphatic carbocycles. The largest absolute Gasteiger partial charge is 0.481 e. The van der Waals surface area contributed by atoms with Crippen molar-refractivity contribution in [3.05, 3.63) is 22.2 Å². The van der Waals surface area contributed by atoms with Crippen LogP contribution in [-0.4, -0.2) is 23.1 Å². The lowest BCUT2D eigenvalue weighted by Crippen LogP contribution is -2.17. The second-order valence-electron chi connectivity index (χ2n) is 3.25. The zero-order chi connectivity index (χ0) is 12.8. The van der Waals surface area contributed by atoms with Crippen LogP contribution in [0.1, 0.15) is 13.3 Å².